The van der Waals surface area contributed by atoms with Crippen molar-refractivity contribution in [3.05, 3.63) is 24.0 Å². The second-order valence-corrected chi connectivity index (χ2v) is 5.85. The number of nitrogens with two attached hydrogens (primary N) is 1. The van der Waals surface area contributed by atoms with Crippen LogP contribution >= 0.6 is 0 Å². The summed E-state index contributed by atoms with van der Waals surface area (Å²) in [5, 5.41) is 0. The Balaban J connectivity index is 2.66. The third-order valence-corrected chi connectivity index (χ3v) is 4.14. The third-order valence-electron chi connectivity index (χ3n) is 2.62. The molecule has 0 saturated carbocycles. The van der Waals surface area contributed by atoms with Gasteiger partial charge in [-0.1, -0.05) is 32.3 Å². The molecule has 0 unspecified atom stereocenters. The summed E-state index contributed by atoms with van der Waals surface area (Å²) in [6, 6.07) is 3.76. The van der Waals surface area contributed by atoms with Gasteiger partial charge in [0.15, 0.2) is 0 Å². The van der Waals surface area contributed by atoms with Crippen LogP contribution in [-0.2, 0) is 10.0 Å². The van der Waals surface area contributed by atoms with Crippen LogP contribution in [0.3, 0.4) is 0 Å². The summed E-state index contributed by atoms with van der Waals surface area (Å²) in [5.74, 6) is -0.719. The van der Waals surface area contributed by atoms with Gasteiger partial charge in [0.2, 0.25) is 10.0 Å². The lowest BCUT2D eigenvalue weighted by atomic mass is 10.2. The summed E-state index contributed by atoms with van der Waals surface area (Å²) >= 11 is 0. The van der Waals surface area contributed by atoms with Crippen molar-refractivity contribution in [1.82, 2.24) is 4.72 Å². The molecule has 0 atom stereocenters. The average molecular weight is 274 g/mol. The van der Waals surface area contributed by atoms with Crippen molar-refractivity contribution in [1.29, 1.82) is 0 Å². The Morgan fingerprint density at radius 2 is 2.00 bits per heavy atom. The number of nitrogens with one attached hydrogen (secondary N) is 1. The number of anilines is 1. The topological polar surface area (TPSA) is 72.2 Å². The summed E-state index contributed by atoms with van der Waals surface area (Å²) in [6.45, 7) is 2.43. The van der Waals surface area contributed by atoms with Crippen molar-refractivity contribution in [2.45, 2.75) is 37.5 Å². The molecule has 0 fully saturated rings. The van der Waals surface area contributed by atoms with Crippen LogP contribution in [0.1, 0.15) is 32.6 Å². The van der Waals surface area contributed by atoms with E-state index >= 15 is 0 Å². The highest BCUT2D eigenvalue weighted by atomic mass is 32.2. The number of nitrogen functional groups attached to an aromatic ring is 1. The maximum absolute atomic E-state index is 13.2. The fourth-order valence-electron chi connectivity index (χ4n) is 1.59. The van der Waals surface area contributed by atoms with E-state index in [4.69, 9.17) is 5.73 Å². The van der Waals surface area contributed by atoms with Crippen molar-refractivity contribution in [2.24, 2.45) is 0 Å². The molecule has 1 rings (SSSR count). The molecule has 4 nitrogen and oxygen atoms in total. The number of para-hydroxylation sites is 1. The Morgan fingerprint density at radius 1 is 1.28 bits per heavy atom. The van der Waals surface area contributed by atoms with Crippen molar-refractivity contribution in [3.8, 4) is 0 Å². The van der Waals surface area contributed by atoms with Crippen LogP contribution in [0.2, 0.25) is 0 Å². The monoisotopic (exact) mass is 274 g/mol. The molecular formula is C12H19FN2O2S. The van der Waals surface area contributed by atoms with Gasteiger partial charge in [-0.3, -0.25) is 0 Å². The van der Waals surface area contributed by atoms with E-state index in [1.165, 1.54) is 12.1 Å². The maximum atomic E-state index is 13.2. The zero-order valence-corrected chi connectivity index (χ0v) is 11.3. The number of halogens is 1. The van der Waals surface area contributed by atoms with Crippen molar-refractivity contribution in [3.63, 3.8) is 0 Å². The standard InChI is InChI=1S/C12H19FN2O2S/c1-2-3-4-5-9-15-18(16,17)11-8-6-7-10(13)12(11)14/h6-8,15H,2-5,9,14H2,1H3. The van der Waals surface area contributed by atoms with Gasteiger partial charge in [-0.15, -0.1) is 0 Å². The van der Waals surface area contributed by atoms with Gasteiger partial charge in [0.1, 0.15) is 10.7 Å². The molecule has 0 spiro atoms. The van der Waals surface area contributed by atoms with Gasteiger partial charge >= 0.3 is 0 Å². The fourth-order valence-corrected chi connectivity index (χ4v) is 2.80. The van der Waals surface area contributed by atoms with E-state index < -0.39 is 15.8 Å². The molecule has 0 bridgehead atoms. The molecule has 1 aromatic rings. The molecule has 0 saturated heterocycles. The molecule has 1 aromatic carbocycles. The van der Waals surface area contributed by atoms with Crippen LogP contribution in [-0.4, -0.2) is 15.0 Å². The first kappa shape index (κ1) is 14.9. The number of benzene rings is 1. The highest BCUT2D eigenvalue weighted by Crippen LogP contribution is 2.20. The van der Waals surface area contributed by atoms with Gasteiger partial charge in [0.25, 0.3) is 0 Å². The summed E-state index contributed by atoms with van der Waals surface area (Å²) in [5.41, 5.74) is 5.09. The first-order valence-electron chi connectivity index (χ1n) is 6.02. The summed E-state index contributed by atoms with van der Waals surface area (Å²) in [4.78, 5) is -0.196. The minimum Gasteiger partial charge on any atom is -0.395 e. The molecule has 6 heteroatoms. The molecule has 0 amide bonds. The van der Waals surface area contributed by atoms with Crippen molar-refractivity contribution >= 4 is 15.7 Å². The Labute approximate surface area is 107 Å². The first-order chi connectivity index (χ1) is 8.49. The van der Waals surface area contributed by atoms with Gasteiger partial charge in [-0.05, 0) is 18.6 Å². The Morgan fingerprint density at radius 3 is 2.67 bits per heavy atom. The van der Waals surface area contributed by atoms with Crippen molar-refractivity contribution in [2.75, 3.05) is 12.3 Å². The summed E-state index contributed by atoms with van der Waals surface area (Å²) in [7, 11) is -3.72. The van der Waals surface area contributed by atoms with E-state index in [0.717, 1.165) is 31.7 Å². The number of sulfonamides is 1. The van der Waals surface area contributed by atoms with Crippen molar-refractivity contribution < 1.29 is 12.8 Å². The summed E-state index contributed by atoms with van der Waals surface area (Å²) in [6.07, 6.45) is 3.90. The van der Waals surface area contributed by atoms with Crippen LogP contribution in [0, 0.1) is 5.82 Å². The second kappa shape index (κ2) is 6.70. The van der Waals surface area contributed by atoms with E-state index in [-0.39, 0.29) is 10.6 Å². The van der Waals surface area contributed by atoms with Crippen LogP contribution in [0.25, 0.3) is 0 Å². The number of hydrogen-bond donors (Lipinski definition) is 2. The lowest BCUT2D eigenvalue weighted by Gasteiger charge is -2.09. The molecule has 0 aromatic heterocycles. The highest BCUT2D eigenvalue weighted by molar-refractivity contribution is 7.89. The number of hydrogen-bond acceptors (Lipinski definition) is 3. The zero-order chi connectivity index (χ0) is 13.6. The first-order valence-corrected chi connectivity index (χ1v) is 7.51. The molecule has 3 N–H and O–H groups in total. The predicted octanol–water partition coefficient (Wildman–Crippen LogP) is 2.27. The Kier molecular flexibility index (Phi) is 5.55. The Hall–Kier alpha value is -1.14. The molecule has 18 heavy (non-hydrogen) atoms. The molecule has 0 aliphatic carbocycles. The fraction of sp³-hybridized carbons (Fsp3) is 0.500. The SMILES string of the molecule is CCCCCCNS(=O)(=O)c1cccc(F)c1N. The van der Waals surface area contributed by atoms with Crippen LogP contribution in [0.15, 0.2) is 23.1 Å². The van der Waals surface area contributed by atoms with E-state index in [1.807, 2.05) is 0 Å². The van der Waals surface area contributed by atoms with E-state index in [2.05, 4.69) is 11.6 Å². The molecule has 0 heterocycles. The van der Waals surface area contributed by atoms with Gasteiger partial charge in [0.05, 0.1) is 5.69 Å². The minimum atomic E-state index is -3.72. The maximum Gasteiger partial charge on any atom is 0.242 e. The van der Waals surface area contributed by atoms with Gasteiger partial charge in [-0.25, -0.2) is 17.5 Å². The molecule has 0 aliphatic rings. The minimum absolute atomic E-state index is 0.196. The predicted molar refractivity (Wildman–Crippen MR) is 70.1 cm³/mol. The third kappa shape index (κ3) is 3.96. The molecule has 0 radical (unpaired) electrons. The lowest BCUT2D eigenvalue weighted by Crippen LogP contribution is -2.25. The largest absolute Gasteiger partial charge is 0.395 e. The van der Waals surface area contributed by atoms with E-state index in [0.29, 0.717) is 6.54 Å². The molecular weight excluding hydrogens is 255 g/mol. The lowest BCUT2D eigenvalue weighted by molar-refractivity contribution is 0.571. The van der Waals surface area contributed by atoms with Gasteiger partial charge < -0.3 is 5.73 Å². The van der Waals surface area contributed by atoms with Crippen LogP contribution in [0.5, 0.6) is 0 Å². The zero-order valence-electron chi connectivity index (χ0n) is 10.4. The number of unbranched alkanes of at least 4 members (excludes halogenated alkanes) is 3. The van der Waals surface area contributed by atoms with E-state index in [1.54, 1.807) is 0 Å². The van der Waals surface area contributed by atoms with Crippen LogP contribution in [0.4, 0.5) is 10.1 Å². The average Bonchev–Trinajstić information content (AvgIpc) is 2.32. The smallest absolute Gasteiger partial charge is 0.242 e. The quantitative estimate of drug-likeness (QED) is 0.592. The second-order valence-electron chi connectivity index (χ2n) is 4.11. The summed E-state index contributed by atoms with van der Waals surface area (Å²) < 4.78 is 39.4. The molecule has 0 aliphatic heterocycles. The number of rotatable bonds is 7. The van der Waals surface area contributed by atoms with Gasteiger partial charge in [0, 0.05) is 6.54 Å². The van der Waals surface area contributed by atoms with E-state index in [9.17, 15) is 12.8 Å². The Bertz CT molecular complexity index is 489. The molecule has 102 valence electrons. The highest BCUT2D eigenvalue weighted by Gasteiger charge is 2.18. The van der Waals surface area contributed by atoms with Crippen LogP contribution < -0.4 is 10.5 Å². The normalized spacial score (nSPS) is 11.7. The van der Waals surface area contributed by atoms with Gasteiger partial charge in [-0.2, -0.15) is 0 Å².